The number of nitrogens with two attached hydrogens (primary N) is 1. The zero-order chi connectivity index (χ0) is 14.4. The molecule has 0 radical (unpaired) electrons. The molecule has 0 heterocycles. The van der Waals surface area contributed by atoms with Crippen LogP contribution in [0.5, 0.6) is 5.75 Å². The molecule has 0 saturated carbocycles. The van der Waals surface area contributed by atoms with Crippen molar-refractivity contribution in [2.45, 2.75) is 12.5 Å². The molecule has 0 unspecified atom stereocenters. The summed E-state index contributed by atoms with van der Waals surface area (Å²) in [5.74, 6) is -2.15. The summed E-state index contributed by atoms with van der Waals surface area (Å²) in [5.41, 5.74) is 5.17. The molecule has 2 amide bonds. The lowest BCUT2D eigenvalue weighted by molar-refractivity contribution is -0.140. The summed E-state index contributed by atoms with van der Waals surface area (Å²) in [4.78, 5) is 33.3. The van der Waals surface area contributed by atoms with Crippen LogP contribution >= 0.6 is 0 Å². The number of amides is 2. The molecule has 7 heteroatoms. The Kier molecular flexibility index (Phi) is 4.87. The molecule has 0 aliphatic carbocycles. The van der Waals surface area contributed by atoms with Gasteiger partial charge in [-0.2, -0.15) is 0 Å². The molecule has 0 aliphatic rings. The van der Waals surface area contributed by atoms with Crippen molar-refractivity contribution in [2.75, 3.05) is 7.11 Å². The second-order valence-electron chi connectivity index (χ2n) is 3.76. The van der Waals surface area contributed by atoms with Crippen molar-refractivity contribution in [2.24, 2.45) is 5.73 Å². The molecule has 0 saturated heterocycles. The third-order valence-electron chi connectivity index (χ3n) is 2.36. The summed E-state index contributed by atoms with van der Waals surface area (Å²) in [5, 5.41) is 11.1. The molecule has 102 valence electrons. The van der Waals surface area contributed by atoms with Crippen LogP contribution in [0.3, 0.4) is 0 Å². The zero-order valence-electron chi connectivity index (χ0n) is 10.3. The van der Waals surface area contributed by atoms with Gasteiger partial charge in [0.1, 0.15) is 11.8 Å². The first kappa shape index (κ1) is 14.5. The van der Waals surface area contributed by atoms with Crippen LogP contribution in [0.4, 0.5) is 0 Å². The van der Waals surface area contributed by atoms with Crippen LogP contribution in [0.1, 0.15) is 16.8 Å². The second kappa shape index (κ2) is 6.39. The van der Waals surface area contributed by atoms with Crippen LogP contribution < -0.4 is 15.8 Å². The van der Waals surface area contributed by atoms with Crippen molar-refractivity contribution in [3.8, 4) is 5.75 Å². The molecule has 0 aromatic heterocycles. The fraction of sp³-hybridized carbons (Fsp3) is 0.250. The highest BCUT2D eigenvalue weighted by Gasteiger charge is 2.22. The maximum atomic E-state index is 11.8. The molecule has 1 rings (SSSR count). The highest BCUT2D eigenvalue weighted by molar-refractivity contribution is 5.97. The van der Waals surface area contributed by atoms with Crippen LogP contribution in [0, 0.1) is 0 Å². The molecule has 1 atom stereocenters. The summed E-state index contributed by atoms with van der Waals surface area (Å²) in [7, 11) is 1.49. The van der Waals surface area contributed by atoms with Gasteiger partial charge in [-0.15, -0.1) is 0 Å². The fourth-order valence-electron chi connectivity index (χ4n) is 1.39. The van der Waals surface area contributed by atoms with Gasteiger partial charge in [-0.05, 0) is 24.3 Å². The molecule has 1 aromatic rings. The second-order valence-corrected chi connectivity index (χ2v) is 3.76. The average molecular weight is 266 g/mol. The van der Waals surface area contributed by atoms with E-state index in [9.17, 15) is 14.4 Å². The van der Waals surface area contributed by atoms with Gasteiger partial charge in [-0.1, -0.05) is 0 Å². The van der Waals surface area contributed by atoms with Crippen molar-refractivity contribution in [1.82, 2.24) is 5.32 Å². The summed E-state index contributed by atoms with van der Waals surface area (Å²) >= 11 is 0. The van der Waals surface area contributed by atoms with E-state index in [2.05, 4.69) is 5.32 Å². The van der Waals surface area contributed by atoms with Gasteiger partial charge in [0.2, 0.25) is 5.91 Å². The Morgan fingerprint density at radius 3 is 2.32 bits per heavy atom. The van der Waals surface area contributed by atoms with E-state index >= 15 is 0 Å². The van der Waals surface area contributed by atoms with E-state index in [4.69, 9.17) is 15.6 Å². The first-order chi connectivity index (χ1) is 8.93. The topological polar surface area (TPSA) is 119 Å². The van der Waals surface area contributed by atoms with Gasteiger partial charge in [0.25, 0.3) is 5.91 Å². The minimum absolute atomic E-state index is 0.261. The molecule has 7 nitrogen and oxygen atoms in total. The Bertz CT molecular complexity index is 483. The number of carbonyl (C=O) groups is 3. The van der Waals surface area contributed by atoms with Crippen LogP contribution in [0.25, 0.3) is 0 Å². The normalized spacial score (nSPS) is 11.4. The number of hydrogen-bond acceptors (Lipinski definition) is 4. The van der Waals surface area contributed by atoms with Crippen molar-refractivity contribution >= 4 is 17.8 Å². The quantitative estimate of drug-likeness (QED) is 0.656. The van der Waals surface area contributed by atoms with Crippen molar-refractivity contribution in [1.29, 1.82) is 0 Å². The van der Waals surface area contributed by atoms with Crippen molar-refractivity contribution < 1.29 is 24.2 Å². The number of carboxylic acid groups (broad SMARTS) is 1. The standard InChI is InChI=1S/C12H14N2O5/c1-19-8-4-2-7(3-5-8)11(16)14-9(12(17)18)6-10(13)15/h2-5,9H,6H2,1H3,(H2,13,15)(H,14,16)(H,17,18)/t9-/m1/s1. The van der Waals surface area contributed by atoms with Gasteiger partial charge in [0.05, 0.1) is 13.5 Å². The third-order valence-corrected chi connectivity index (χ3v) is 2.36. The summed E-state index contributed by atoms with van der Waals surface area (Å²) in [6, 6.07) is 4.76. The lowest BCUT2D eigenvalue weighted by Crippen LogP contribution is -2.43. The average Bonchev–Trinajstić information content (AvgIpc) is 2.37. The van der Waals surface area contributed by atoms with Crippen LogP contribution in [-0.4, -0.2) is 36.0 Å². The molecular formula is C12H14N2O5. The Labute approximate surface area is 109 Å². The van der Waals surface area contributed by atoms with E-state index in [0.717, 1.165) is 0 Å². The smallest absolute Gasteiger partial charge is 0.326 e. The lowest BCUT2D eigenvalue weighted by Gasteiger charge is -2.12. The van der Waals surface area contributed by atoms with Gasteiger partial charge in [-0.25, -0.2) is 4.79 Å². The number of aliphatic carboxylic acids is 1. The zero-order valence-corrected chi connectivity index (χ0v) is 10.3. The number of ether oxygens (including phenoxy) is 1. The largest absolute Gasteiger partial charge is 0.497 e. The number of nitrogens with one attached hydrogen (secondary N) is 1. The van der Waals surface area contributed by atoms with Gasteiger partial charge < -0.3 is 20.9 Å². The van der Waals surface area contributed by atoms with Crippen LogP contribution in [0.2, 0.25) is 0 Å². The van der Waals surface area contributed by atoms with Gasteiger partial charge in [-0.3, -0.25) is 9.59 Å². The highest BCUT2D eigenvalue weighted by Crippen LogP contribution is 2.11. The molecule has 0 spiro atoms. The minimum atomic E-state index is -1.34. The van der Waals surface area contributed by atoms with E-state index in [1.807, 2.05) is 0 Å². The summed E-state index contributed by atoms with van der Waals surface area (Å²) in [6.07, 6.45) is -0.461. The van der Waals surface area contributed by atoms with E-state index in [1.54, 1.807) is 12.1 Å². The van der Waals surface area contributed by atoms with Gasteiger partial charge in [0.15, 0.2) is 0 Å². The molecule has 19 heavy (non-hydrogen) atoms. The van der Waals surface area contributed by atoms with E-state index < -0.39 is 30.2 Å². The molecule has 0 aliphatic heterocycles. The third kappa shape index (κ3) is 4.30. The van der Waals surface area contributed by atoms with Crippen LogP contribution in [0.15, 0.2) is 24.3 Å². The Morgan fingerprint density at radius 1 is 1.32 bits per heavy atom. The minimum Gasteiger partial charge on any atom is -0.497 e. The Morgan fingerprint density at radius 2 is 1.89 bits per heavy atom. The summed E-state index contributed by atoms with van der Waals surface area (Å²) < 4.78 is 4.93. The van der Waals surface area contributed by atoms with E-state index in [1.165, 1.54) is 19.2 Å². The number of carboxylic acids is 1. The number of methoxy groups -OCH3 is 1. The van der Waals surface area contributed by atoms with Crippen molar-refractivity contribution in [3.05, 3.63) is 29.8 Å². The maximum absolute atomic E-state index is 11.8. The lowest BCUT2D eigenvalue weighted by atomic mass is 10.1. The Hall–Kier alpha value is -2.57. The van der Waals surface area contributed by atoms with Crippen LogP contribution in [-0.2, 0) is 9.59 Å². The highest BCUT2D eigenvalue weighted by atomic mass is 16.5. The fourth-order valence-corrected chi connectivity index (χ4v) is 1.39. The van der Waals surface area contributed by atoms with E-state index in [-0.39, 0.29) is 5.56 Å². The number of primary amides is 1. The maximum Gasteiger partial charge on any atom is 0.326 e. The molecule has 0 bridgehead atoms. The predicted octanol–water partition coefficient (Wildman–Crippen LogP) is -0.246. The van der Waals surface area contributed by atoms with Gasteiger partial charge >= 0.3 is 5.97 Å². The number of hydrogen-bond donors (Lipinski definition) is 3. The monoisotopic (exact) mass is 266 g/mol. The van der Waals surface area contributed by atoms with Gasteiger partial charge in [0, 0.05) is 5.56 Å². The van der Waals surface area contributed by atoms with Crippen molar-refractivity contribution in [3.63, 3.8) is 0 Å². The molecule has 1 aromatic carbocycles. The first-order valence-electron chi connectivity index (χ1n) is 5.40. The first-order valence-corrected chi connectivity index (χ1v) is 5.40. The molecular weight excluding hydrogens is 252 g/mol. The SMILES string of the molecule is COc1ccc(C(=O)N[C@H](CC(N)=O)C(=O)O)cc1. The molecule has 4 N–H and O–H groups in total. The Balaban J connectivity index is 2.75. The number of rotatable bonds is 6. The van der Waals surface area contributed by atoms with E-state index in [0.29, 0.717) is 5.75 Å². The number of benzene rings is 1. The molecule has 0 fully saturated rings. The number of carbonyl (C=O) groups excluding carboxylic acids is 2. The summed E-state index contributed by atoms with van der Waals surface area (Å²) in [6.45, 7) is 0. The predicted molar refractivity (Wildman–Crippen MR) is 65.7 cm³/mol.